The number of imide groups is 1. The number of halogens is 1. The van der Waals surface area contributed by atoms with E-state index < -0.39 is 0 Å². The maximum absolute atomic E-state index is 11.2. The minimum absolute atomic E-state index is 0.0405. The summed E-state index contributed by atoms with van der Waals surface area (Å²) in [4.78, 5) is 23.3. The second-order valence-corrected chi connectivity index (χ2v) is 3.98. The topological polar surface area (TPSA) is 37.4 Å². The molecule has 0 radical (unpaired) electrons. The molecule has 0 saturated carbocycles. The first-order valence-electron chi connectivity index (χ1n) is 3.61. The Bertz CT molecular complexity index is 191. The Balaban J connectivity index is 2.60. The summed E-state index contributed by atoms with van der Waals surface area (Å²) in [7, 11) is 0. The third-order valence-corrected chi connectivity index (χ3v) is 2.07. The zero-order valence-corrected chi connectivity index (χ0v) is 7.93. The third-order valence-electron chi connectivity index (χ3n) is 1.68. The molecule has 0 aliphatic carbocycles. The molecule has 3 nitrogen and oxygen atoms in total. The van der Waals surface area contributed by atoms with Gasteiger partial charge < -0.3 is 0 Å². The molecule has 11 heavy (non-hydrogen) atoms. The van der Waals surface area contributed by atoms with E-state index in [1.54, 1.807) is 6.92 Å². The van der Waals surface area contributed by atoms with Gasteiger partial charge in [0.1, 0.15) is 0 Å². The van der Waals surface area contributed by atoms with Crippen molar-refractivity contribution in [2.75, 3.05) is 6.54 Å². The minimum Gasteiger partial charge on any atom is -0.282 e. The van der Waals surface area contributed by atoms with Gasteiger partial charge >= 0.3 is 0 Å². The van der Waals surface area contributed by atoms with E-state index >= 15 is 0 Å². The maximum Gasteiger partial charge on any atom is 0.242 e. The van der Waals surface area contributed by atoms with Gasteiger partial charge in [-0.3, -0.25) is 14.5 Å². The molecular formula is C7H10BrNO2. The summed E-state index contributed by atoms with van der Waals surface area (Å²) < 4.78 is 0. The third kappa shape index (κ3) is 1.80. The van der Waals surface area contributed by atoms with E-state index in [0.29, 0.717) is 13.0 Å². The van der Waals surface area contributed by atoms with Gasteiger partial charge in [0.2, 0.25) is 11.8 Å². The Kier molecular flexibility index (Phi) is 2.65. The van der Waals surface area contributed by atoms with E-state index in [0.717, 1.165) is 6.42 Å². The van der Waals surface area contributed by atoms with Crippen molar-refractivity contribution in [3.63, 3.8) is 0 Å². The molecule has 0 aromatic carbocycles. The van der Waals surface area contributed by atoms with Crippen LogP contribution in [0, 0.1) is 0 Å². The molecular weight excluding hydrogens is 210 g/mol. The summed E-state index contributed by atoms with van der Waals surface area (Å²) in [6, 6.07) is 0. The number of nitrogens with zero attached hydrogens (tertiary/aromatic N) is 1. The summed E-state index contributed by atoms with van der Waals surface area (Å²) in [5.74, 6) is -0.159. The van der Waals surface area contributed by atoms with E-state index in [1.807, 2.05) is 0 Å². The molecule has 1 unspecified atom stereocenters. The lowest BCUT2D eigenvalue weighted by atomic mass is 10.4. The molecule has 0 aromatic heterocycles. The Morgan fingerprint density at radius 2 is 2.36 bits per heavy atom. The Hall–Kier alpha value is -0.380. The molecule has 1 rings (SSSR count). The zero-order chi connectivity index (χ0) is 8.43. The van der Waals surface area contributed by atoms with Crippen LogP contribution in [0.1, 0.15) is 19.8 Å². The molecule has 4 heteroatoms. The second kappa shape index (κ2) is 3.34. The van der Waals surface area contributed by atoms with Crippen LogP contribution >= 0.6 is 15.9 Å². The average Bonchev–Trinajstić information content (AvgIpc) is 2.33. The highest BCUT2D eigenvalue weighted by atomic mass is 79.9. The maximum atomic E-state index is 11.2. The van der Waals surface area contributed by atoms with Gasteiger partial charge in [-0.1, -0.05) is 15.9 Å². The smallest absolute Gasteiger partial charge is 0.242 e. The van der Waals surface area contributed by atoms with Crippen LogP contribution in [0.2, 0.25) is 0 Å². The lowest BCUT2D eigenvalue weighted by molar-refractivity contribution is -0.141. The monoisotopic (exact) mass is 219 g/mol. The SMILES string of the molecule is CC(Br)C(=O)N1CCCC1=O. The zero-order valence-electron chi connectivity index (χ0n) is 6.34. The van der Waals surface area contributed by atoms with Crippen molar-refractivity contribution in [3.8, 4) is 0 Å². The highest BCUT2D eigenvalue weighted by Crippen LogP contribution is 2.13. The van der Waals surface area contributed by atoms with Crippen molar-refractivity contribution in [3.05, 3.63) is 0 Å². The predicted molar refractivity (Wildman–Crippen MR) is 44.3 cm³/mol. The Morgan fingerprint density at radius 1 is 1.73 bits per heavy atom. The highest BCUT2D eigenvalue weighted by molar-refractivity contribution is 9.10. The molecule has 1 heterocycles. The van der Waals surface area contributed by atoms with Gasteiger partial charge in [-0.2, -0.15) is 0 Å². The van der Waals surface area contributed by atoms with Crippen LogP contribution in [0.3, 0.4) is 0 Å². The van der Waals surface area contributed by atoms with E-state index in [9.17, 15) is 9.59 Å². The fourth-order valence-corrected chi connectivity index (χ4v) is 1.34. The van der Waals surface area contributed by atoms with Gasteiger partial charge in [0.15, 0.2) is 0 Å². The molecule has 0 aromatic rings. The number of hydrogen-bond acceptors (Lipinski definition) is 2. The summed E-state index contributed by atoms with van der Waals surface area (Å²) in [6.07, 6.45) is 1.33. The fraction of sp³-hybridized carbons (Fsp3) is 0.714. The van der Waals surface area contributed by atoms with Crippen LogP contribution < -0.4 is 0 Å². The molecule has 0 spiro atoms. The first-order chi connectivity index (χ1) is 5.13. The van der Waals surface area contributed by atoms with Gasteiger partial charge in [0.25, 0.3) is 0 Å². The number of rotatable bonds is 1. The molecule has 1 atom stereocenters. The summed E-state index contributed by atoms with van der Waals surface area (Å²) in [6.45, 7) is 2.32. The van der Waals surface area contributed by atoms with Crippen molar-refractivity contribution < 1.29 is 9.59 Å². The van der Waals surface area contributed by atoms with E-state index in [-0.39, 0.29) is 16.6 Å². The minimum atomic E-state index is -0.246. The van der Waals surface area contributed by atoms with Crippen LogP contribution in [0.25, 0.3) is 0 Å². The largest absolute Gasteiger partial charge is 0.282 e. The lowest BCUT2D eigenvalue weighted by Crippen LogP contribution is -2.36. The predicted octanol–water partition coefficient (Wildman–Crippen LogP) is 0.919. The van der Waals surface area contributed by atoms with Crippen LogP contribution in [0.4, 0.5) is 0 Å². The number of likely N-dealkylation sites (tertiary alicyclic amines) is 1. The van der Waals surface area contributed by atoms with Gasteiger partial charge in [0, 0.05) is 13.0 Å². The number of alkyl halides is 1. The Labute approximate surface area is 73.9 Å². The highest BCUT2D eigenvalue weighted by Gasteiger charge is 2.28. The first-order valence-corrected chi connectivity index (χ1v) is 4.53. The molecule has 1 aliphatic heterocycles. The summed E-state index contributed by atoms with van der Waals surface area (Å²) >= 11 is 3.13. The first kappa shape index (κ1) is 8.71. The van der Waals surface area contributed by atoms with Crippen LogP contribution in [0.15, 0.2) is 0 Å². The van der Waals surface area contributed by atoms with Gasteiger partial charge in [-0.15, -0.1) is 0 Å². The van der Waals surface area contributed by atoms with Crippen LogP contribution in [-0.4, -0.2) is 28.1 Å². The van der Waals surface area contributed by atoms with E-state index in [2.05, 4.69) is 15.9 Å². The Morgan fingerprint density at radius 3 is 2.73 bits per heavy atom. The standard InChI is InChI=1S/C7H10BrNO2/c1-5(8)7(11)9-4-2-3-6(9)10/h5H,2-4H2,1H3. The molecule has 1 saturated heterocycles. The van der Waals surface area contributed by atoms with Gasteiger partial charge in [-0.25, -0.2) is 0 Å². The van der Waals surface area contributed by atoms with Crippen molar-refractivity contribution in [1.82, 2.24) is 4.90 Å². The quantitative estimate of drug-likeness (QED) is 0.616. The normalized spacial score (nSPS) is 20.5. The van der Waals surface area contributed by atoms with Crippen molar-refractivity contribution in [1.29, 1.82) is 0 Å². The summed E-state index contributed by atoms with van der Waals surface area (Å²) in [5, 5.41) is 0. The van der Waals surface area contributed by atoms with Crippen molar-refractivity contribution in [2.24, 2.45) is 0 Å². The summed E-state index contributed by atoms with van der Waals surface area (Å²) in [5.41, 5.74) is 0. The van der Waals surface area contributed by atoms with Crippen molar-refractivity contribution in [2.45, 2.75) is 24.6 Å². The van der Waals surface area contributed by atoms with Crippen LogP contribution in [0.5, 0.6) is 0 Å². The van der Waals surface area contributed by atoms with Gasteiger partial charge in [0.05, 0.1) is 4.83 Å². The number of hydrogen-bond donors (Lipinski definition) is 0. The average molecular weight is 220 g/mol. The van der Waals surface area contributed by atoms with Crippen molar-refractivity contribution >= 4 is 27.7 Å². The van der Waals surface area contributed by atoms with E-state index in [4.69, 9.17) is 0 Å². The number of amides is 2. The molecule has 1 fully saturated rings. The molecule has 2 amide bonds. The molecule has 0 bridgehead atoms. The number of carbonyl (C=O) groups excluding carboxylic acids is 2. The lowest BCUT2D eigenvalue weighted by Gasteiger charge is -2.14. The molecule has 0 N–H and O–H groups in total. The second-order valence-electron chi connectivity index (χ2n) is 2.60. The van der Waals surface area contributed by atoms with Gasteiger partial charge in [-0.05, 0) is 13.3 Å². The molecule has 62 valence electrons. The number of carbonyl (C=O) groups is 2. The molecule has 1 aliphatic rings. The van der Waals surface area contributed by atoms with Crippen LogP contribution in [-0.2, 0) is 9.59 Å². The van der Waals surface area contributed by atoms with E-state index in [1.165, 1.54) is 4.90 Å². The fourth-order valence-electron chi connectivity index (χ4n) is 1.10.